The fraction of sp³-hybridized carbons (Fsp3) is 0.333. The van der Waals surface area contributed by atoms with E-state index in [0.29, 0.717) is 12.0 Å². The molecule has 0 aliphatic rings. The van der Waals surface area contributed by atoms with E-state index in [0.717, 1.165) is 28.9 Å². The van der Waals surface area contributed by atoms with E-state index in [1.54, 1.807) is 4.68 Å². The lowest BCUT2D eigenvalue weighted by Crippen LogP contribution is -2.08. The average molecular weight is 258 g/mol. The van der Waals surface area contributed by atoms with Crippen molar-refractivity contribution >= 4 is 5.97 Å². The molecule has 100 valence electrons. The lowest BCUT2D eigenvalue weighted by Gasteiger charge is -2.11. The third-order valence-electron chi connectivity index (χ3n) is 3.18. The zero-order valence-electron chi connectivity index (χ0n) is 11.5. The lowest BCUT2D eigenvalue weighted by atomic mass is 10.1. The number of hydrogen-bond acceptors (Lipinski definition) is 2. The number of hydrogen-bond donors (Lipinski definition) is 1. The van der Waals surface area contributed by atoms with Crippen LogP contribution in [0, 0.1) is 13.8 Å². The SMILES string of the molecule is CCCc1c(C(=O)O)cnn1-c1cc(C)ccc1C. The van der Waals surface area contributed by atoms with Gasteiger partial charge in [0.05, 0.1) is 17.6 Å². The molecule has 2 rings (SSSR count). The van der Waals surface area contributed by atoms with Crippen molar-refractivity contribution in [2.75, 3.05) is 0 Å². The van der Waals surface area contributed by atoms with Gasteiger partial charge in [-0.2, -0.15) is 5.10 Å². The Labute approximate surface area is 112 Å². The molecular formula is C15H18N2O2. The Hall–Kier alpha value is -2.10. The van der Waals surface area contributed by atoms with Crippen LogP contribution >= 0.6 is 0 Å². The van der Waals surface area contributed by atoms with Crippen molar-refractivity contribution in [2.24, 2.45) is 0 Å². The highest BCUT2D eigenvalue weighted by atomic mass is 16.4. The Balaban J connectivity index is 2.61. The molecule has 1 aromatic heterocycles. The second-order valence-electron chi connectivity index (χ2n) is 4.76. The summed E-state index contributed by atoms with van der Waals surface area (Å²) >= 11 is 0. The molecule has 0 atom stereocenters. The van der Waals surface area contributed by atoms with Gasteiger partial charge in [0.25, 0.3) is 0 Å². The Morgan fingerprint density at radius 3 is 2.74 bits per heavy atom. The smallest absolute Gasteiger partial charge is 0.339 e. The summed E-state index contributed by atoms with van der Waals surface area (Å²) in [6, 6.07) is 6.11. The zero-order valence-corrected chi connectivity index (χ0v) is 11.5. The lowest BCUT2D eigenvalue weighted by molar-refractivity contribution is 0.0695. The molecule has 1 aromatic carbocycles. The largest absolute Gasteiger partial charge is 0.478 e. The molecule has 0 saturated carbocycles. The highest BCUT2D eigenvalue weighted by molar-refractivity contribution is 5.88. The third-order valence-corrected chi connectivity index (χ3v) is 3.18. The van der Waals surface area contributed by atoms with Crippen LogP contribution in [0.5, 0.6) is 0 Å². The van der Waals surface area contributed by atoms with Crippen LogP contribution in [0.1, 0.15) is 40.5 Å². The maximum atomic E-state index is 11.2. The summed E-state index contributed by atoms with van der Waals surface area (Å²) in [4.78, 5) is 11.2. The molecule has 0 fully saturated rings. The van der Waals surface area contributed by atoms with Gasteiger partial charge in [-0.3, -0.25) is 0 Å². The molecule has 0 radical (unpaired) electrons. The van der Waals surface area contributed by atoms with E-state index in [-0.39, 0.29) is 0 Å². The highest BCUT2D eigenvalue weighted by Crippen LogP contribution is 2.21. The van der Waals surface area contributed by atoms with Gasteiger partial charge in [-0.15, -0.1) is 0 Å². The summed E-state index contributed by atoms with van der Waals surface area (Å²) in [6.45, 7) is 6.06. The van der Waals surface area contributed by atoms with E-state index in [1.165, 1.54) is 6.20 Å². The minimum atomic E-state index is -0.917. The summed E-state index contributed by atoms with van der Waals surface area (Å²) in [6.07, 6.45) is 3.03. The molecule has 4 nitrogen and oxygen atoms in total. The van der Waals surface area contributed by atoms with Crippen LogP contribution in [0.15, 0.2) is 24.4 Å². The van der Waals surface area contributed by atoms with Crippen molar-refractivity contribution in [3.05, 3.63) is 46.8 Å². The zero-order chi connectivity index (χ0) is 14.0. The first kappa shape index (κ1) is 13.3. The van der Waals surface area contributed by atoms with Crippen molar-refractivity contribution in [1.82, 2.24) is 9.78 Å². The number of aromatic nitrogens is 2. The maximum Gasteiger partial charge on any atom is 0.339 e. The molecule has 0 saturated heterocycles. The van der Waals surface area contributed by atoms with Crippen molar-refractivity contribution in [1.29, 1.82) is 0 Å². The fourth-order valence-electron chi connectivity index (χ4n) is 2.19. The fourth-order valence-corrected chi connectivity index (χ4v) is 2.19. The van der Waals surface area contributed by atoms with E-state index in [2.05, 4.69) is 5.10 Å². The Morgan fingerprint density at radius 1 is 1.37 bits per heavy atom. The number of carboxylic acid groups (broad SMARTS) is 1. The maximum absolute atomic E-state index is 11.2. The van der Waals surface area contributed by atoms with E-state index >= 15 is 0 Å². The van der Waals surface area contributed by atoms with Crippen LogP contribution in [0.2, 0.25) is 0 Å². The second kappa shape index (κ2) is 5.26. The first-order chi connectivity index (χ1) is 9.04. The number of nitrogens with zero attached hydrogens (tertiary/aromatic N) is 2. The minimum Gasteiger partial charge on any atom is -0.478 e. The first-order valence-corrected chi connectivity index (χ1v) is 6.42. The van der Waals surface area contributed by atoms with Crippen molar-refractivity contribution in [2.45, 2.75) is 33.6 Å². The number of rotatable bonds is 4. The molecule has 4 heteroatoms. The van der Waals surface area contributed by atoms with Gasteiger partial charge in [-0.1, -0.05) is 25.5 Å². The van der Waals surface area contributed by atoms with Crippen LogP contribution in [-0.4, -0.2) is 20.9 Å². The molecule has 2 aromatic rings. The molecule has 0 spiro atoms. The Bertz CT molecular complexity index is 615. The van der Waals surface area contributed by atoms with E-state index in [9.17, 15) is 9.90 Å². The second-order valence-corrected chi connectivity index (χ2v) is 4.76. The average Bonchev–Trinajstić information content (AvgIpc) is 2.76. The molecule has 0 bridgehead atoms. The van der Waals surface area contributed by atoms with Gasteiger partial charge in [0.1, 0.15) is 5.56 Å². The monoisotopic (exact) mass is 258 g/mol. The van der Waals surface area contributed by atoms with Crippen molar-refractivity contribution in [3.63, 3.8) is 0 Å². The molecular weight excluding hydrogens is 240 g/mol. The molecule has 1 N–H and O–H groups in total. The van der Waals surface area contributed by atoms with Crippen LogP contribution in [0.4, 0.5) is 0 Å². The summed E-state index contributed by atoms with van der Waals surface area (Å²) in [5.74, 6) is -0.917. The van der Waals surface area contributed by atoms with Gasteiger partial charge in [-0.25, -0.2) is 9.48 Å². The Kier molecular flexibility index (Phi) is 3.69. The third kappa shape index (κ3) is 2.52. The molecule has 19 heavy (non-hydrogen) atoms. The normalized spacial score (nSPS) is 10.7. The number of carbonyl (C=O) groups is 1. The van der Waals surface area contributed by atoms with Crippen LogP contribution < -0.4 is 0 Å². The van der Waals surface area contributed by atoms with E-state index in [4.69, 9.17) is 0 Å². The topological polar surface area (TPSA) is 55.1 Å². The molecule has 0 amide bonds. The highest BCUT2D eigenvalue weighted by Gasteiger charge is 2.17. The van der Waals surface area contributed by atoms with Crippen LogP contribution in [0.3, 0.4) is 0 Å². The number of aromatic carboxylic acids is 1. The number of carboxylic acids is 1. The van der Waals surface area contributed by atoms with Crippen molar-refractivity contribution < 1.29 is 9.90 Å². The minimum absolute atomic E-state index is 0.294. The van der Waals surface area contributed by atoms with E-state index < -0.39 is 5.97 Å². The summed E-state index contributed by atoms with van der Waals surface area (Å²) in [5.41, 5.74) is 4.24. The quantitative estimate of drug-likeness (QED) is 0.916. The van der Waals surface area contributed by atoms with Gasteiger partial charge >= 0.3 is 5.97 Å². The van der Waals surface area contributed by atoms with Gasteiger partial charge in [-0.05, 0) is 37.5 Å². The van der Waals surface area contributed by atoms with Crippen LogP contribution in [0.25, 0.3) is 5.69 Å². The van der Waals surface area contributed by atoms with Crippen LogP contribution in [-0.2, 0) is 6.42 Å². The molecule has 1 heterocycles. The molecule has 0 aliphatic carbocycles. The van der Waals surface area contributed by atoms with Gasteiger partial charge in [0.2, 0.25) is 0 Å². The first-order valence-electron chi connectivity index (χ1n) is 6.42. The number of benzene rings is 1. The predicted molar refractivity (Wildman–Crippen MR) is 74.0 cm³/mol. The standard InChI is InChI=1S/C15H18N2O2/c1-4-5-13-12(15(18)19)9-16-17(13)14-8-10(2)6-7-11(14)3/h6-9H,4-5H2,1-3H3,(H,18,19). The summed E-state index contributed by atoms with van der Waals surface area (Å²) in [5, 5.41) is 13.5. The molecule has 0 unspecified atom stereocenters. The predicted octanol–water partition coefficient (Wildman–Crippen LogP) is 3.14. The van der Waals surface area contributed by atoms with E-state index in [1.807, 2.05) is 39.0 Å². The summed E-state index contributed by atoms with van der Waals surface area (Å²) < 4.78 is 1.76. The Morgan fingerprint density at radius 2 is 2.11 bits per heavy atom. The van der Waals surface area contributed by atoms with Gasteiger partial charge < -0.3 is 5.11 Å². The molecule has 0 aliphatic heterocycles. The number of aryl methyl sites for hydroxylation is 2. The van der Waals surface area contributed by atoms with Gasteiger partial charge in [0.15, 0.2) is 0 Å². The van der Waals surface area contributed by atoms with Gasteiger partial charge in [0, 0.05) is 0 Å². The van der Waals surface area contributed by atoms with Crippen molar-refractivity contribution in [3.8, 4) is 5.69 Å². The summed E-state index contributed by atoms with van der Waals surface area (Å²) in [7, 11) is 0.